The van der Waals surface area contributed by atoms with Gasteiger partial charge in [-0.25, -0.2) is 4.79 Å². The number of unbranched alkanes of at least 4 members (excludes halogenated alkanes) is 1. The first-order valence-electron chi connectivity index (χ1n) is 10.3. The lowest BCUT2D eigenvalue weighted by atomic mass is 9.90. The van der Waals surface area contributed by atoms with E-state index in [1.54, 1.807) is 44.2 Å². The van der Waals surface area contributed by atoms with Gasteiger partial charge in [0.15, 0.2) is 0 Å². The van der Waals surface area contributed by atoms with E-state index >= 15 is 0 Å². The summed E-state index contributed by atoms with van der Waals surface area (Å²) in [6.45, 7) is 3.45. The van der Waals surface area contributed by atoms with E-state index < -0.39 is 48.2 Å². The van der Waals surface area contributed by atoms with E-state index in [1.165, 1.54) is 6.08 Å². The van der Waals surface area contributed by atoms with Crippen LogP contribution >= 0.6 is 0 Å². The number of hydrogen-bond donors (Lipinski definition) is 0. The van der Waals surface area contributed by atoms with Crippen molar-refractivity contribution in [3.63, 3.8) is 0 Å². The minimum atomic E-state index is -3.43. The van der Waals surface area contributed by atoms with Crippen LogP contribution in [0.4, 0.5) is 8.78 Å². The van der Waals surface area contributed by atoms with Crippen molar-refractivity contribution >= 4 is 17.7 Å². The number of cyclic esters (lactones) is 1. The number of esters is 2. The van der Waals surface area contributed by atoms with Gasteiger partial charge in [-0.05, 0) is 38.0 Å². The average molecular weight is 422 g/mol. The van der Waals surface area contributed by atoms with Crippen LogP contribution in [0.15, 0.2) is 42.5 Å². The van der Waals surface area contributed by atoms with Crippen LogP contribution in [0.25, 0.3) is 0 Å². The Morgan fingerprint density at radius 2 is 1.97 bits per heavy atom. The number of allylic oxidation sites excluding steroid dienone is 1. The normalized spacial score (nSPS) is 22.8. The van der Waals surface area contributed by atoms with Crippen LogP contribution in [0.5, 0.6) is 0 Å². The second kappa shape index (κ2) is 11.0. The van der Waals surface area contributed by atoms with Crippen LogP contribution in [0.2, 0.25) is 0 Å². The molecule has 164 valence electrons. The van der Waals surface area contributed by atoms with Gasteiger partial charge in [0.1, 0.15) is 12.2 Å². The van der Waals surface area contributed by atoms with Gasteiger partial charge in [0.05, 0.1) is 5.56 Å². The summed E-state index contributed by atoms with van der Waals surface area (Å²) in [6, 6.07) is 8.39. The molecule has 0 aromatic heterocycles. The van der Waals surface area contributed by atoms with Gasteiger partial charge in [-0.15, -0.1) is 0 Å². The van der Waals surface area contributed by atoms with E-state index in [2.05, 4.69) is 0 Å². The molecule has 1 aromatic rings. The Kier molecular flexibility index (Phi) is 8.69. The highest BCUT2D eigenvalue weighted by atomic mass is 19.3. The first-order chi connectivity index (χ1) is 14.2. The summed E-state index contributed by atoms with van der Waals surface area (Å²) < 4.78 is 38.9. The van der Waals surface area contributed by atoms with Gasteiger partial charge in [-0.3, -0.25) is 9.59 Å². The van der Waals surface area contributed by atoms with Gasteiger partial charge in [-0.2, -0.15) is 8.78 Å². The van der Waals surface area contributed by atoms with Gasteiger partial charge < -0.3 is 9.47 Å². The van der Waals surface area contributed by atoms with Gasteiger partial charge >= 0.3 is 17.9 Å². The van der Waals surface area contributed by atoms with E-state index in [9.17, 15) is 23.2 Å². The second-order valence-corrected chi connectivity index (χ2v) is 7.58. The fraction of sp³-hybridized carbons (Fsp3) is 0.522. The van der Waals surface area contributed by atoms with Crippen LogP contribution in [-0.4, -0.2) is 35.9 Å². The first kappa shape index (κ1) is 23.7. The minimum absolute atomic E-state index is 0.0408. The fourth-order valence-corrected chi connectivity index (χ4v) is 3.29. The predicted molar refractivity (Wildman–Crippen MR) is 107 cm³/mol. The lowest BCUT2D eigenvalue weighted by Crippen LogP contribution is -2.34. The van der Waals surface area contributed by atoms with Crippen LogP contribution in [0.3, 0.4) is 0 Å². The summed E-state index contributed by atoms with van der Waals surface area (Å²) in [5.74, 6) is -6.23. The molecule has 1 aliphatic heterocycles. The van der Waals surface area contributed by atoms with E-state index in [-0.39, 0.29) is 25.7 Å². The molecule has 1 aromatic carbocycles. The molecule has 1 heterocycles. The molecule has 2 rings (SSSR count). The SMILES string of the molecule is CCCCC(F)(F)C(=O)/C=C/[C@@H]1CCC(=O)O[C@H](C)C[C@H]1OC(=O)c1ccccc1. The largest absolute Gasteiger partial charge is 0.463 e. The fourth-order valence-electron chi connectivity index (χ4n) is 3.29. The predicted octanol–water partition coefficient (Wildman–Crippen LogP) is 4.89. The zero-order valence-electron chi connectivity index (χ0n) is 17.3. The Morgan fingerprint density at radius 3 is 2.63 bits per heavy atom. The Morgan fingerprint density at radius 1 is 1.27 bits per heavy atom. The summed E-state index contributed by atoms with van der Waals surface area (Å²) in [6.07, 6.45) is 1.76. The Labute approximate surface area is 175 Å². The first-order valence-corrected chi connectivity index (χ1v) is 10.3. The number of carbonyl (C=O) groups is 3. The molecular weight excluding hydrogens is 394 g/mol. The smallest absolute Gasteiger partial charge is 0.338 e. The molecule has 0 unspecified atom stereocenters. The monoisotopic (exact) mass is 422 g/mol. The number of ketones is 1. The highest BCUT2D eigenvalue weighted by Gasteiger charge is 2.36. The molecule has 0 bridgehead atoms. The molecule has 0 saturated carbocycles. The molecular formula is C23H28F2O5. The standard InChI is InChI=1S/C23H28F2O5/c1-3-4-14-23(24,25)20(26)12-10-17-11-13-21(27)29-16(2)15-19(17)30-22(28)18-8-6-5-7-9-18/h5-10,12,16-17,19H,3-4,11,13-15H2,1-2H3/b12-10+/t16-,17-,19-/m1/s1. The zero-order chi connectivity index (χ0) is 22.1. The molecule has 0 aliphatic carbocycles. The number of rotatable bonds is 8. The molecule has 3 atom stereocenters. The van der Waals surface area contributed by atoms with Crippen LogP contribution in [0, 0.1) is 5.92 Å². The number of hydrogen-bond acceptors (Lipinski definition) is 5. The minimum Gasteiger partial charge on any atom is -0.463 e. The van der Waals surface area contributed by atoms with Crippen LogP contribution < -0.4 is 0 Å². The summed E-state index contributed by atoms with van der Waals surface area (Å²) in [5.41, 5.74) is 0.356. The van der Waals surface area contributed by atoms with Crippen molar-refractivity contribution in [1.29, 1.82) is 0 Å². The van der Waals surface area contributed by atoms with Gasteiger partial charge in [0.25, 0.3) is 0 Å². The molecule has 0 spiro atoms. The van der Waals surface area contributed by atoms with Crippen molar-refractivity contribution < 1.29 is 32.6 Å². The molecule has 7 heteroatoms. The molecule has 1 saturated heterocycles. The van der Waals surface area contributed by atoms with E-state index in [4.69, 9.17) is 9.47 Å². The Balaban J connectivity index is 2.18. The van der Waals surface area contributed by atoms with Crippen LogP contribution in [0.1, 0.15) is 62.7 Å². The molecule has 1 aliphatic rings. The summed E-state index contributed by atoms with van der Waals surface area (Å²) in [4.78, 5) is 36.3. The van der Waals surface area contributed by atoms with Crippen molar-refractivity contribution in [3.05, 3.63) is 48.0 Å². The molecule has 0 amide bonds. The van der Waals surface area contributed by atoms with Gasteiger partial charge in [-0.1, -0.05) is 37.6 Å². The van der Waals surface area contributed by atoms with Gasteiger partial charge in [0, 0.05) is 25.2 Å². The summed E-state index contributed by atoms with van der Waals surface area (Å²) >= 11 is 0. The van der Waals surface area contributed by atoms with Gasteiger partial charge in [0.2, 0.25) is 5.78 Å². The lowest BCUT2D eigenvalue weighted by molar-refractivity contribution is -0.152. The van der Waals surface area contributed by atoms with Crippen LogP contribution in [-0.2, 0) is 19.1 Å². The lowest BCUT2D eigenvalue weighted by Gasteiger charge is -2.29. The molecule has 5 nitrogen and oxygen atoms in total. The molecule has 0 radical (unpaired) electrons. The maximum Gasteiger partial charge on any atom is 0.338 e. The third kappa shape index (κ3) is 7.04. The highest BCUT2D eigenvalue weighted by molar-refractivity contribution is 5.95. The van der Waals surface area contributed by atoms with E-state index in [1.807, 2.05) is 0 Å². The topological polar surface area (TPSA) is 69.7 Å². The Hall–Kier alpha value is -2.57. The molecule has 0 N–H and O–H groups in total. The third-order valence-corrected chi connectivity index (χ3v) is 5.02. The Bertz CT molecular complexity index is 760. The van der Waals surface area contributed by atoms with Crippen molar-refractivity contribution in [3.8, 4) is 0 Å². The van der Waals surface area contributed by atoms with Crippen molar-refractivity contribution in [1.82, 2.24) is 0 Å². The quantitative estimate of drug-likeness (QED) is 0.440. The van der Waals surface area contributed by atoms with Crippen molar-refractivity contribution in [2.45, 2.75) is 70.5 Å². The third-order valence-electron chi connectivity index (χ3n) is 5.02. The summed E-state index contributed by atoms with van der Waals surface area (Å²) in [7, 11) is 0. The molecule has 1 fully saturated rings. The number of ether oxygens (including phenoxy) is 2. The highest BCUT2D eigenvalue weighted by Crippen LogP contribution is 2.28. The number of benzene rings is 1. The molecule has 30 heavy (non-hydrogen) atoms. The van der Waals surface area contributed by atoms with Crippen molar-refractivity contribution in [2.24, 2.45) is 5.92 Å². The maximum absolute atomic E-state index is 14.0. The summed E-state index contributed by atoms with van der Waals surface area (Å²) in [5, 5.41) is 0. The maximum atomic E-state index is 14.0. The zero-order valence-corrected chi connectivity index (χ0v) is 17.3. The average Bonchev–Trinajstić information content (AvgIpc) is 2.71. The number of carbonyl (C=O) groups excluding carboxylic acids is 3. The number of halogens is 2. The second-order valence-electron chi connectivity index (χ2n) is 7.58. The van der Waals surface area contributed by atoms with Crippen molar-refractivity contribution in [2.75, 3.05) is 0 Å². The van der Waals surface area contributed by atoms with E-state index in [0.29, 0.717) is 12.0 Å². The number of alkyl halides is 2. The van der Waals surface area contributed by atoms with E-state index in [0.717, 1.165) is 6.08 Å².